The summed E-state index contributed by atoms with van der Waals surface area (Å²) in [6.07, 6.45) is 5.87. The fourth-order valence-corrected chi connectivity index (χ4v) is 9.56. The molecule has 45 heavy (non-hydrogen) atoms. The molecule has 0 radical (unpaired) electrons. The number of ether oxygens (including phenoxy) is 3. The molecule has 246 valence electrons. The monoisotopic (exact) mass is 734 g/mol. The first-order chi connectivity index (χ1) is 21.6. The van der Waals surface area contributed by atoms with Crippen molar-refractivity contribution < 1.29 is 51.8 Å². The standard InChI is InChI=1S/C34H45IN3O7/c1-6-7-14-38(25-10-8-9-23(16-25)19-35(2,3)4)31(39)21-37-20-26(24-17-28(42-5)33-29(18-24)44-22-45-33)32(34(40)41)27(37)11-12-30-36-13-15-43-30/h8-10,13,15-18,26-27,32H,6-7,11-12,14,19-22H2,1-5H3,(H,40,41)/q-1/t26-,27+,32-/m1/s1. The van der Waals surface area contributed by atoms with E-state index in [0.29, 0.717) is 49.1 Å². The molecular formula is C34H45IN3O7-. The Bertz CT molecular complexity index is 1470. The Balaban J connectivity index is 1.46. The number of benzene rings is 2. The summed E-state index contributed by atoms with van der Waals surface area (Å²) in [5, 5.41) is 10.6. The average molecular weight is 735 g/mol. The zero-order valence-electron chi connectivity index (χ0n) is 26.8. The van der Waals surface area contributed by atoms with Crippen LogP contribution >= 0.6 is 0 Å². The number of aliphatic carboxylic acids is 1. The van der Waals surface area contributed by atoms with E-state index in [0.717, 1.165) is 28.5 Å². The van der Waals surface area contributed by atoms with Crippen LogP contribution in [0.3, 0.4) is 0 Å². The van der Waals surface area contributed by atoms with Gasteiger partial charge in [-0.15, -0.1) is 0 Å². The molecule has 1 fully saturated rings. The molecule has 1 saturated heterocycles. The summed E-state index contributed by atoms with van der Waals surface area (Å²) in [4.78, 5) is 42.5. The molecule has 0 spiro atoms. The van der Waals surface area contributed by atoms with Gasteiger partial charge in [-0.05, 0) is 0 Å². The number of aromatic nitrogens is 1. The number of carbonyl (C=O) groups excluding carboxylic acids is 1. The van der Waals surface area contributed by atoms with Crippen molar-refractivity contribution in [3.05, 3.63) is 65.9 Å². The molecule has 2 aliphatic heterocycles. The number of fused-ring (bicyclic) bond motifs is 1. The molecule has 11 heteroatoms. The molecule has 3 heterocycles. The third kappa shape index (κ3) is 7.92. The fourth-order valence-electron chi connectivity index (χ4n) is 6.45. The number of carboxylic acids is 1. The molecule has 1 N–H and O–H groups in total. The number of oxazole rings is 1. The molecular weight excluding hydrogens is 689 g/mol. The Morgan fingerprint density at radius 1 is 1.18 bits per heavy atom. The molecule has 5 rings (SSSR count). The van der Waals surface area contributed by atoms with Gasteiger partial charge in [-0.2, -0.15) is 0 Å². The maximum absolute atomic E-state index is 14.2. The van der Waals surface area contributed by atoms with Crippen molar-refractivity contribution in [1.29, 1.82) is 0 Å². The number of nitrogens with zero attached hydrogens (tertiary/aromatic N) is 3. The van der Waals surface area contributed by atoms with Crippen LogP contribution in [0.15, 0.2) is 53.3 Å². The number of likely N-dealkylation sites (tertiary alicyclic amines) is 1. The predicted molar refractivity (Wildman–Crippen MR) is 168 cm³/mol. The third-order valence-corrected chi connectivity index (χ3v) is 11.6. The number of alkyl halides is 4. The van der Waals surface area contributed by atoms with E-state index in [9.17, 15) is 14.7 Å². The van der Waals surface area contributed by atoms with Crippen LogP contribution < -0.4 is 37.5 Å². The van der Waals surface area contributed by atoms with Crippen LogP contribution in [-0.2, 0) is 20.4 Å². The van der Waals surface area contributed by atoms with Gasteiger partial charge in [0.1, 0.15) is 6.26 Å². The molecule has 2 aromatic carbocycles. The van der Waals surface area contributed by atoms with Crippen LogP contribution in [0.1, 0.15) is 49.1 Å². The van der Waals surface area contributed by atoms with Crippen molar-refractivity contribution in [1.82, 2.24) is 9.88 Å². The van der Waals surface area contributed by atoms with Crippen LogP contribution in [0.5, 0.6) is 17.2 Å². The quantitative estimate of drug-likeness (QED) is 0.196. The van der Waals surface area contributed by atoms with Crippen molar-refractivity contribution in [3.8, 4) is 17.2 Å². The van der Waals surface area contributed by atoms with Gasteiger partial charge in [-0.25, -0.2) is 4.98 Å². The van der Waals surface area contributed by atoms with Crippen LogP contribution in [0.2, 0.25) is 0 Å². The number of unbranched alkanes of at least 4 members (excludes halogenated alkanes) is 1. The first-order valence-electron chi connectivity index (χ1n) is 15.3. The van der Waals surface area contributed by atoms with Gasteiger partial charge in [-0.3, -0.25) is 0 Å². The van der Waals surface area contributed by atoms with E-state index in [1.54, 1.807) is 13.3 Å². The van der Waals surface area contributed by atoms with E-state index >= 15 is 0 Å². The normalized spacial score (nSPS) is 19.9. The Labute approximate surface area is 269 Å². The summed E-state index contributed by atoms with van der Waals surface area (Å²) in [6, 6.07) is 11.6. The van der Waals surface area contributed by atoms with Crippen molar-refractivity contribution >= 4 is 17.6 Å². The second kappa shape index (κ2) is 14.4. The van der Waals surface area contributed by atoms with Gasteiger partial charge in [0, 0.05) is 0 Å². The molecule has 1 aromatic heterocycles. The molecule has 0 unspecified atom stereocenters. The van der Waals surface area contributed by atoms with Crippen molar-refractivity contribution in [2.24, 2.45) is 5.92 Å². The molecule has 10 nitrogen and oxygen atoms in total. The van der Waals surface area contributed by atoms with Crippen molar-refractivity contribution in [2.75, 3.05) is 53.2 Å². The minimum absolute atomic E-state index is 0.0357. The minimum atomic E-state index is -1.79. The Kier molecular flexibility index (Phi) is 10.6. The number of hydrogen-bond acceptors (Lipinski definition) is 8. The Morgan fingerprint density at radius 2 is 2.00 bits per heavy atom. The van der Waals surface area contributed by atoms with E-state index in [2.05, 4.69) is 38.8 Å². The first-order valence-corrected chi connectivity index (χ1v) is 23.3. The summed E-state index contributed by atoms with van der Waals surface area (Å²) in [5.74, 6) is -0.0318. The number of amides is 1. The molecule has 1 amide bonds. The molecule has 2 aliphatic rings. The summed E-state index contributed by atoms with van der Waals surface area (Å²) in [7, 11) is 1.55. The van der Waals surface area contributed by atoms with E-state index < -0.39 is 42.3 Å². The van der Waals surface area contributed by atoms with Gasteiger partial charge in [-0.1, -0.05) is 0 Å². The average Bonchev–Trinajstić information content (AvgIpc) is 3.75. The number of carboxylic acid groups (broad SMARTS) is 1. The predicted octanol–water partition coefficient (Wildman–Crippen LogP) is 1.90. The topological polar surface area (TPSA) is 115 Å². The number of rotatable bonds is 14. The van der Waals surface area contributed by atoms with Crippen molar-refractivity contribution in [3.63, 3.8) is 0 Å². The molecule has 0 saturated carbocycles. The van der Waals surface area contributed by atoms with E-state index in [-0.39, 0.29) is 19.2 Å². The number of aryl methyl sites for hydroxylation is 1. The number of methoxy groups -OCH3 is 1. The van der Waals surface area contributed by atoms with Gasteiger partial charge in [0.05, 0.1) is 13.3 Å². The van der Waals surface area contributed by atoms with Gasteiger partial charge >= 0.3 is 203 Å². The zero-order valence-corrected chi connectivity index (χ0v) is 29.0. The third-order valence-electron chi connectivity index (χ3n) is 8.43. The number of halogens is 1. The number of anilines is 1. The summed E-state index contributed by atoms with van der Waals surface area (Å²) < 4.78 is 23.4. The molecule has 0 aliphatic carbocycles. The summed E-state index contributed by atoms with van der Waals surface area (Å²) in [5.41, 5.74) is 2.94. The van der Waals surface area contributed by atoms with Crippen LogP contribution in [-0.4, -0.2) is 81.2 Å². The molecule has 0 bridgehead atoms. The SMILES string of the molecule is CCCCN(C(=O)CN1C[C@H](c2cc(OC)c3c(c2)OCO3)[C@@H](C(=O)O)[C@@H]1CCc1ncco1)c1cccc(C[I-](C)(C)C)c1. The Hall–Kier alpha value is -3.32. The number of hydrogen-bond donors (Lipinski definition) is 1. The second-order valence-electron chi connectivity index (χ2n) is 12.5. The Morgan fingerprint density at radius 3 is 2.69 bits per heavy atom. The van der Waals surface area contributed by atoms with Crippen LogP contribution in [0.25, 0.3) is 0 Å². The van der Waals surface area contributed by atoms with E-state index in [1.165, 1.54) is 11.8 Å². The van der Waals surface area contributed by atoms with Gasteiger partial charge < -0.3 is 18.6 Å². The van der Waals surface area contributed by atoms with Gasteiger partial charge in [0.15, 0.2) is 11.5 Å². The second-order valence-corrected chi connectivity index (χ2v) is 24.3. The maximum atomic E-state index is 14.2. The van der Waals surface area contributed by atoms with Gasteiger partial charge in [0.2, 0.25) is 12.5 Å². The van der Waals surface area contributed by atoms with Gasteiger partial charge in [0.25, 0.3) is 0 Å². The first kappa shape index (κ1) is 33.1. The fraction of sp³-hybridized carbons (Fsp3) is 0.500. The summed E-state index contributed by atoms with van der Waals surface area (Å²) in [6.45, 7) is 3.29. The van der Waals surface area contributed by atoms with Crippen molar-refractivity contribution in [2.45, 2.75) is 49.0 Å². The van der Waals surface area contributed by atoms with E-state index in [1.807, 2.05) is 34.1 Å². The molecule has 3 aromatic rings. The van der Waals surface area contributed by atoms with E-state index in [4.69, 9.17) is 18.6 Å². The van der Waals surface area contributed by atoms with Crippen LogP contribution in [0, 0.1) is 5.92 Å². The zero-order chi connectivity index (χ0) is 32.1. The summed E-state index contributed by atoms with van der Waals surface area (Å²) >= 11 is -1.79. The van der Waals surface area contributed by atoms with Crippen LogP contribution in [0.4, 0.5) is 5.69 Å². The molecule has 3 atom stereocenters. The number of carbonyl (C=O) groups is 2.